The van der Waals surface area contributed by atoms with Crippen molar-refractivity contribution in [2.24, 2.45) is 0 Å². The third kappa shape index (κ3) is 3.77. The number of anilines is 2. The van der Waals surface area contributed by atoms with Gasteiger partial charge in [-0.3, -0.25) is 4.72 Å². The van der Waals surface area contributed by atoms with Crippen LogP contribution in [-0.2, 0) is 10.0 Å². The molecule has 6 heteroatoms. The minimum Gasteiger partial charge on any atom is -0.398 e. The fraction of sp³-hybridized carbons (Fsp3) is 0.200. The van der Waals surface area contributed by atoms with E-state index in [9.17, 15) is 8.42 Å². The molecule has 0 radical (unpaired) electrons. The van der Waals surface area contributed by atoms with Gasteiger partial charge in [-0.15, -0.1) is 0 Å². The number of hydrogen-bond donors (Lipinski definition) is 2. The molecule has 21 heavy (non-hydrogen) atoms. The number of benzene rings is 2. The summed E-state index contributed by atoms with van der Waals surface area (Å²) in [6, 6.07) is 11.9. The Morgan fingerprint density at radius 2 is 1.86 bits per heavy atom. The Hall–Kier alpha value is -1.53. The summed E-state index contributed by atoms with van der Waals surface area (Å²) in [6.45, 7) is 4.12. The number of nitrogens with two attached hydrogens (primary N) is 1. The molecule has 0 atom stereocenters. The minimum absolute atomic E-state index is 0.165. The Balaban J connectivity index is 2.33. The lowest BCUT2D eigenvalue weighted by Crippen LogP contribution is -2.13. The van der Waals surface area contributed by atoms with Crippen LogP contribution in [0.4, 0.5) is 11.4 Å². The monoisotopic (exact) mass is 368 g/mol. The van der Waals surface area contributed by atoms with Crippen molar-refractivity contribution in [3.05, 3.63) is 52.5 Å². The van der Waals surface area contributed by atoms with E-state index in [1.54, 1.807) is 12.1 Å². The molecule has 4 nitrogen and oxygen atoms in total. The molecule has 0 aliphatic carbocycles. The van der Waals surface area contributed by atoms with Gasteiger partial charge in [-0.25, -0.2) is 8.42 Å². The van der Waals surface area contributed by atoms with E-state index in [-0.39, 0.29) is 4.90 Å². The first kappa shape index (κ1) is 15.9. The average molecular weight is 369 g/mol. The molecule has 0 unspecified atom stereocenters. The third-order valence-corrected chi connectivity index (χ3v) is 5.15. The summed E-state index contributed by atoms with van der Waals surface area (Å²) in [5.74, 6) is 0.333. The van der Waals surface area contributed by atoms with Gasteiger partial charge >= 0.3 is 0 Å². The summed E-state index contributed by atoms with van der Waals surface area (Å²) in [5, 5.41) is 0. The van der Waals surface area contributed by atoms with Crippen molar-refractivity contribution < 1.29 is 8.42 Å². The van der Waals surface area contributed by atoms with Gasteiger partial charge in [0.2, 0.25) is 0 Å². The van der Waals surface area contributed by atoms with Gasteiger partial charge in [0.05, 0.1) is 4.90 Å². The molecule has 2 aromatic rings. The average Bonchev–Trinajstić information content (AvgIpc) is 2.41. The summed E-state index contributed by atoms with van der Waals surface area (Å²) < 4.78 is 27.9. The van der Waals surface area contributed by atoms with E-state index in [1.807, 2.05) is 18.2 Å². The second-order valence-corrected chi connectivity index (χ2v) is 7.61. The molecular weight excluding hydrogens is 352 g/mol. The van der Waals surface area contributed by atoms with Crippen molar-refractivity contribution in [1.29, 1.82) is 0 Å². The second kappa shape index (κ2) is 6.07. The lowest BCUT2D eigenvalue weighted by molar-refractivity contribution is 0.601. The maximum absolute atomic E-state index is 12.4. The van der Waals surface area contributed by atoms with Crippen LogP contribution in [0.25, 0.3) is 0 Å². The van der Waals surface area contributed by atoms with E-state index in [2.05, 4.69) is 34.5 Å². The van der Waals surface area contributed by atoms with Gasteiger partial charge in [0, 0.05) is 15.8 Å². The molecule has 0 heterocycles. The molecule has 112 valence electrons. The van der Waals surface area contributed by atoms with Crippen LogP contribution < -0.4 is 10.5 Å². The summed E-state index contributed by atoms with van der Waals surface area (Å²) in [7, 11) is -3.63. The Morgan fingerprint density at radius 3 is 2.48 bits per heavy atom. The number of hydrogen-bond acceptors (Lipinski definition) is 3. The largest absolute Gasteiger partial charge is 0.398 e. The van der Waals surface area contributed by atoms with Crippen LogP contribution in [0.1, 0.15) is 25.3 Å². The Bertz CT molecular complexity index is 758. The first-order chi connectivity index (χ1) is 9.79. The number of nitrogens with one attached hydrogen (secondary N) is 1. The molecule has 0 aromatic heterocycles. The van der Waals surface area contributed by atoms with Crippen LogP contribution >= 0.6 is 15.9 Å². The van der Waals surface area contributed by atoms with Gasteiger partial charge in [-0.1, -0.05) is 26.0 Å². The Morgan fingerprint density at radius 1 is 1.14 bits per heavy atom. The molecule has 0 bridgehead atoms. The van der Waals surface area contributed by atoms with Crippen LogP contribution in [-0.4, -0.2) is 8.42 Å². The highest BCUT2D eigenvalue weighted by molar-refractivity contribution is 9.10. The van der Waals surface area contributed by atoms with Crippen LogP contribution in [0.5, 0.6) is 0 Å². The van der Waals surface area contributed by atoms with Gasteiger partial charge < -0.3 is 5.73 Å². The zero-order valence-electron chi connectivity index (χ0n) is 11.8. The van der Waals surface area contributed by atoms with Crippen molar-refractivity contribution in [2.45, 2.75) is 24.7 Å². The highest BCUT2D eigenvalue weighted by atomic mass is 79.9. The molecule has 2 aromatic carbocycles. The predicted molar refractivity (Wildman–Crippen MR) is 89.9 cm³/mol. The van der Waals surface area contributed by atoms with Crippen molar-refractivity contribution in [1.82, 2.24) is 0 Å². The zero-order chi connectivity index (χ0) is 15.6. The SMILES string of the molecule is CC(C)c1cccc(NS(=O)(=O)c2ccc(N)c(Br)c2)c1. The standard InChI is InChI=1S/C15H17BrN2O2S/c1-10(2)11-4-3-5-12(8-11)18-21(19,20)13-6-7-15(17)14(16)9-13/h3-10,18H,17H2,1-2H3. The first-order valence-electron chi connectivity index (χ1n) is 6.47. The lowest BCUT2D eigenvalue weighted by Gasteiger charge is -2.11. The van der Waals surface area contributed by atoms with Crippen molar-refractivity contribution >= 4 is 37.3 Å². The number of halogens is 1. The molecule has 3 N–H and O–H groups in total. The van der Waals surface area contributed by atoms with E-state index in [0.29, 0.717) is 21.8 Å². The van der Waals surface area contributed by atoms with E-state index in [1.165, 1.54) is 12.1 Å². The van der Waals surface area contributed by atoms with E-state index in [0.717, 1.165) is 5.56 Å². The van der Waals surface area contributed by atoms with Gasteiger partial charge in [0.25, 0.3) is 10.0 Å². The van der Waals surface area contributed by atoms with Gasteiger partial charge in [-0.2, -0.15) is 0 Å². The fourth-order valence-corrected chi connectivity index (χ4v) is 3.46. The molecule has 0 spiro atoms. The number of sulfonamides is 1. The van der Waals surface area contributed by atoms with E-state index < -0.39 is 10.0 Å². The maximum atomic E-state index is 12.4. The number of nitrogen functional groups attached to an aromatic ring is 1. The van der Waals surface area contributed by atoms with E-state index >= 15 is 0 Å². The van der Waals surface area contributed by atoms with E-state index in [4.69, 9.17) is 5.73 Å². The fourth-order valence-electron chi connectivity index (χ4n) is 1.85. The number of rotatable bonds is 4. The maximum Gasteiger partial charge on any atom is 0.261 e. The molecule has 0 aliphatic heterocycles. The van der Waals surface area contributed by atoms with Crippen LogP contribution in [0, 0.1) is 0 Å². The first-order valence-corrected chi connectivity index (χ1v) is 8.75. The topological polar surface area (TPSA) is 72.2 Å². The van der Waals surface area contributed by atoms with Crippen molar-refractivity contribution in [2.75, 3.05) is 10.5 Å². The van der Waals surface area contributed by atoms with Crippen LogP contribution in [0.15, 0.2) is 51.8 Å². The summed E-state index contributed by atoms with van der Waals surface area (Å²) in [4.78, 5) is 0.165. The highest BCUT2D eigenvalue weighted by Gasteiger charge is 2.15. The molecule has 0 amide bonds. The lowest BCUT2D eigenvalue weighted by atomic mass is 10.0. The summed E-state index contributed by atoms with van der Waals surface area (Å²) in [5.41, 5.74) is 7.80. The quantitative estimate of drug-likeness (QED) is 0.802. The normalized spacial score (nSPS) is 11.6. The van der Waals surface area contributed by atoms with Crippen molar-refractivity contribution in [3.63, 3.8) is 0 Å². The van der Waals surface area contributed by atoms with Crippen LogP contribution in [0.2, 0.25) is 0 Å². The van der Waals surface area contributed by atoms with Gasteiger partial charge in [-0.05, 0) is 57.7 Å². The smallest absolute Gasteiger partial charge is 0.261 e. The van der Waals surface area contributed by atoms with Gasteiger partial charge in [0.15, 0.2) is 0 Å². The molecule has 0 aliphatic rings. The summed E-state index contributed by atoms with van der Waals surface area (Å²) >= 11 is 3.24. The molecule has 0 saturated heterocycles. The van der Waals surface area contributed by atoms with Gasteiger partial charge in [0.1, 0.15) is 0 Å². The molecule has 0 saturated carbocycles. The molecule has 0 fully saturated rings. The van der Waals surface area contributed by atoms with Crippen LogP contribution in [0.3, 0.4) is 0 Å². The Labute approximate surface area is 133 Å². The Kier molecular flexibility index (Phi) is 4.58. The highest BCUT2D eigenvalue weighted by Crippen LogP contribution is 2.25. The molecular formula is C15H17BrN2O2S. The minimum atomic E-state index is -3.63. The zero-order valence-corrected chi connectivity index (χ0v) is 14.2. The van der Waals surface area contributed by atoms with Crippen molar-refractivity contribution in [3.8, 4) is 0 Å². The third-order valence-electron chi connectivity index (χ3n) is 3.09. The second-order valence-electron chi connectivity index (χ2n) is 5.07. The predicted octanol–water partition coefficient (Wildman–Crippen LogP) is 3.96. The molecule has 2 rings (SSSR count). The summed E-state index contributed by atoms with van der Waals surface area (Å²) in [6.07, 6.45) is 0.